The van der Waals surface area contributed by atoms with Crippen LogP contribution in [0.25, 0.3) is 0 Å². The molecule has 1 aliphatic carbocycles. The molecule has 1 aliphatic rings. The van der Waals surface area contributed by atoms with E-state index in [-0.39, 0.29) is 0 Å². The lowest BCUT2D eigenvalue weighted by molar-refractivity contribution is 0.0946. The van der Waals surface area contributed by atoms with Gasteiger partial charge in [0.2, 0.25) is 5.88 Å². The van der Waals surface area contributed by atoms with Crippen molar-refractivity contribution in [3.8, 4) is 5.88 Å². The largest absolute Gasteiger partial charge is 0.474 e. The molecule has 1 aromatic heterocycles. The first-order valence-corrected chi connectivity index (χ1v) is 8.16. The van der Waals surface area contributed by atoms with Crippen molar-refractivity contribution in [3.63, 3.8) is 0 Å². The Bertz CT molecular complexity index is 446. The fourth-order valence-electron chi connectivity index (χ4n) is 2.68. The number of halogens is 1. The molecule has 1 saturated carbocycles. The zero-order valence-electron chi connectivity index (χ0n) is 13.1. The van der Waals surface area contributed by atoms with Crippen LogP contribution in [-0.2, 0) is 5.88 Å². The summed E-state index contributed by atoms with van der Waals surface area (Å²) < 4.78 is 6.11. The Morgan fingerprint density at radius 3 is 2.50 bits per heavy atom. The molecule has 2 rings (SSSR count). The molecule has 2 nitrogen and oxygen atoms in total. The fourth-order valence-corrected chi connectivity index (χ4v) is 2.83. The molecular weight excluding hydrogens is 270 g/mol. The van der Waals surface area contributed by atoms with E-state index >= 15 is 0 Å². The number of hydrogen-bond acceptors (Lipinski definition) is 2. The van der Waals surface area contributed by atoms with Crippen molar-refractivity contribution in [2.45, 2.75) is 71.3 Å². The first kappa shape index (κ1) is 15.6. The monoisotopic (exact) mass is 295 g/mol. The molecule has 3 heteroatoms. The SMILES string of the molecule is CC(C)c1cc(CCl)cc(OC2CCC(C)(C)CC2)n1. The zero-order valence-corrected chi connectivity index (χ0v) is 13.8. The van der Waals surface area contributed by atoms with Crippen molar-refractivity contribution in [2.24, 2.45) is 5.41 Å². The molecule has 0 amide bonds. The molecular formula is C17H26ClNO. The van der Waals surface area contributed by atoms with Gasteiger partial charge >= 0.3 is 0 Å². The molecule has 20 heavy (non-hydrogen) atoms. The van der Waals surface area contributed by atoms with Crippen LogP contribution >= 0.6 is 11.6 Å². The summed E-state index contributed by atoms with van der Waals surface area (Å²) in [5.41, 5.74) is 2.62. The van der Waals surface area contributed by atoms with Gasteiger partial charge in [0, 0.05) is 17.6 Å². The first-order chi connectivity index (χ1) is 9.39. The van der Waals surface area contributed by atoms with Gasteiger partial charge in [-0.05, 0) is 48.6 Å². The minimum Gasteiger partial charge on any atom is -0.474 e. The van der Waals surface area contributed by atoms with Crippen LogP contribution in [0.3, 0.4) is 0 Å². The van der Waals surface area contributed by atoms with Crippen LogP contribution in [0.1, 0.15) is 70.6 Å². The summed E-state index contributed by atoms with van der Waals surface area (Å²) in [5.74, 6) is 1.65. The van der Waals surface area contributed by atoms with Crippen LogP contribution in [-0.4, -0.2) is 11.1 Å². The maximum Gasteiger partial charge on any atom is 0.214 e. The third-order valence-corrected chi connectivity index (χ3v) is 4.51. The molecule has 0 saturated heterocycles. The third kappa shape index (κ3) is 4.12. The zero-order chi connectivity index (χ0) is 14.8. The van der Waals surface area contributed by atoms with Crippen LogP contribution in [0, 0.1) is 5.41 Å². The molecule has 0 radical (unpaired) electrons. The van der Waals surface area contributed by atoms with Gasteiger partial charge in [-0.3, -0.25) is 0 Å². The molecule has 0 aliphatic heterocycles. The number of aromatic nitrogens is 1. The highest BCUT2D eigenvalue weighted by Crippen LogP contribution is 2.36. The fraction of sp³-hybridized carbons (Fsp3) is 0.706. The summed E-state index contributed by atoms with van der Waals surface area (Å²) in [5, 5.41) is 0. The maximum absolute atomic E-state index is 6.11. The van der Waals surface area contributed by atoms with Crippen molar-refractivity contribution < 1.29 is 4.74 Å². The van der Waals surface area contributed by atoms with E-state index in [2.05, 4.69) is 38.7 Å². The van der Waals surface area contributed by atoms with E-state index < -0.39 is 0 Å². The van der Waals surface area contributed by atoms with Gasteiger partial charge in [0.1, 0.15) is 6.10 Å². The van der Waals surface area contributed by atoms with Crippen molar-refractivity contribution in [3.05, 3.63) is 23.4 Å². The van der Waals surface area contributed by atoms with Gasteiger partial charge in [0.05, 0.1) is 0 Å². The Morgan fingerprint density at radius 1 is 1.30 bits per heavy atom. The Morgan fingerprint density at radius 2 is 1.95 bits per heavy atom. The third-order valence-electron chi connectivity index (χ3n) is 4.20. The van der Waals surface area contributed by atoms with Crippen LogP contribution in [0.5, 0.6) is 5.88 Å². The highest BCUT2D eigenvalue weighted by atomic mass is 35.5. The minimum atomic E-state index is 0.307. The number of pyridine rings is 1. The second kappa shape index (κ2) is 6.34. The van der Waals surface area contributed by atoms with E-state index in [0.29, 0.717) is 23.3 Å². The number of ether oxygens (including phenoxy) is 1. The van der Waals surface area contributed by atoms with E-state index in [9.17, 15) is 0 Å². The molecule has 1 heterocycles. The van der Waals surface area contributed by atoms with Crippen LogP contribution in [0.15, 0.2) is 12.1 Å². The Balaban J connectivity index is 2.07. The smallest absolute Gasteiger partial charge is 0.214 e. The van der Waals surface area contributed by atoms with E-state index in [0.717, 1.165) is 30.0 Å². The van der Waals surface area contributed by atoms with Crippen molar-refractivity contribution >= 4 is 11.6 Å². The summed E-state index contributed by atoms with van der Waals surface area (Å²) in [6.07, 6.45) is 5.00. The van der Waals surface area contributed by atoms with Gasteiger partial charge in [0.25, 0.3) is 0 Å². The highest BCUT2D eigenvalue weighted by molar-refractivity contribution is 6.17. The molecule has 0 aromatic carbocycles. The molecule has 0 bridgehead atoms. The standard InChI is InChI=1S/C17H26ClNO/c1-12(2)15-9-13(11-18)10-16(19-15)20-14-5-7-17(3,4)8-6-14/h9-10,12,14H,5-8,11H2,1-4H3. The van der Waals surface area contributed by atoms with E-state index in [1.807, 2.05) is 6.07 Å². The molecule has 0 spiro atoms. The van der Waals surface area contributed by atoms with Gasteiger partial charge in [-0.2, -0.15) is 0 Å². The Kier molecular flexibility index (Phi) is 4.95. The lowest BCUT2D eigenvalue weighted by Crippen LogP contribution is -2.28. The Hall–Kier alpha value is -0.760. The summed E-state index contributed by atoms with van der Waals surface area (Å²) >= 11 is 5.97. The highest BCUT2D eigenvalue weighted by Gasteiger charge is 2.28. The second-order valence-electron chi connectivity index (χ2n) is 7.01. The summed E-state index contributed by atoms with van der Waals surface area (Å²) in [7, 11) is 0. The van der Waals surface area contributed by atoms with Crippen LogP contribution < -0.4 is 4.74 Å². The molecule has 1 aromatic rings. The van der Waals surface area contributed by atoms with Gasteiger partial charge in [-0.1, -0.05) is 27.7 Å². The van der Waals surface area contributed by atoms with E-state index in [4.69, 9.17) is 16.3 Å². The van der Waals surface area contributed by atoms with E-state index in [1.54, 1.807) is 0 Å². The predicted molar refractivity (Wildman–Crippen MR) is 84.5 cm³/mol. The average Bonchev–Trinajstić information content (AvgIpc) is 2.41. The number of rotatable bonds is 4. The first-order valence-electron chi connectivity index (χ1n) is 7.63. The second-order valence-corrected chi connectivity index (χ2v) is 7.28. The molecule has 0 atom stereocenters. The number of alkyl halides is 1. The summed E-state index contributed by atoms with van der Waals surface area (Å²) in [6, 6.07) is 4.06. The molecule has 112 valence electrons. The lowest BCUT2D eigenvalue weighted by atomic mass is 9.76. The van der Waals surface area contributed by atoms with Gasteiger partial charge < -0.3 is 4.74 Å². The molecule has 1 fully saturated rings. The summed E-state index contributed by atoms with van der Waals surface area (Å²) in [6.45, 7) is 8.97. The van der Waals surface area contributed by atoms with Crippen molar-refractivity contribution in [1.29, 1.82) is 0 Å². The average molecular weight is 296 g/mol. The van der Waals surface area contributed by atoms with Crippen molar-refractivity contribution in [2.75, 3.05) is 0 Å². The quantitative estimate of drug-likeness (QED) is 0.704. The normalized spacial score (nSPS) is 19.3. The van der Waals surface area contributed by atoms with Crippen LogP contribution in [0.2, 0.25) is 0 Å². The minimum absolute atomic E-state index is 0.307. The Labute approximate surface area is 127 Å². The number of hydrogen-bond donors (Lipinski definition) is 0. The lowest BCUT2D eigenvalue weighted by Gasteiger charge is -2.34. The van der Waals surface area contributed by atoms with Gasteiger partial charge in [-0.25, -0.2) is 4.98 Å². The topological polar surface area (TPSA) is 22.1 Å². The number of nitrogens with zero attached hydrogens (tertiary/aromatic N) is 1. The van der Waals surface area contributed by atoms with E-state index in [1.165, 1.54) is 12.8 Å². The van der Waals surface area contributed by atoms with Crippen molar-refractivity contribution in [1.82, 2.24) is 4.98 Å². The summed E-state index contributed by atoms with van der Waals surface area (Å²) in [4.78, 5) is 4.63. The predicted octanol–water partition coefficient (Wildman–Crippen LogP) is 5.29. The van der Waals surface area contributed by atoms with Crippen LogP contribution in [0.4, 0.5) is 0 Å². The molecule has 0 N–H and O–H groups in total. The van der Waals surface area contributed by atoms with Gasteiger partial charge in [-0.15, -0.1) is 11.6 Å². The molecule has 0 unspecified atom stereocenters. The van der Waals surface area contributed by atoms with Gasteiger partial charge in [0.15, 0.2) is 0 Å². The maximum atomic E-state index is 6.11.